The summed E-state index contributed by atoms with van der Waals surface area (Å²) in [5.41, 5.74) is 1.26. The summed E-state index contributed by atoms with van der Waals surface area (Å²) in [6.45, 7) is 0.356. The van der Waals surface area contributed by atoms with Gasteiger partial charge >= 0.3 is 0 Å². The molecule has 2 aromatic rings. The molecule has 0 atom stereocenters. The van der Waals surface area contributed by atoms with Gasteiger partial charge in [0.2, 0.25) is 5.75 Å². The van der Waals surface area contributed by atoms with E-state index in [0.717, 1.165) is 17.7 Å². The number of anilines is 1. The van der Waals surface area contributed by atoms with Crippen molar-refractivity contribution in [3.63, 3.8) is 0 Å². The van der Waals surface area contributed by atoms with Gasteiger partial charge in [0.1, 0.15) is 0 Å². The molecule has 0 aromatic heterocycles. The molecule has 0 saturated carbocycles. The van der Waals surface area contributed by atoms with Crippen LogP contribution in [-0.4, -0.2) is 21.3 Å². The summed E-state index contributed by atoms with van der Waals surface area (Å²) in [5.74, 6) is -0.221. The molecule has 0 fully saturated rings. The van der Waals surface area contributed by atoms with E-state index >= 15 is 0 Å². The van der Waals surface area contributed by atoms with Gasteiger partial charge in [-0.05, 0) is 24.3 Å². The van der Waals surface area contributed by atoms with Crippen LogP contribution in [0, 0.1) is 11.6 Å². The van der Waals surface area contributed by atoms with E-state index in [1.807, 2.05) is 6.07 Å². The minimum atomic E-state index is -0.899. The van der Waals surface area contributed by atoms with E-state index < -0.39 is 11.6 Å². The van der Waals surface area contributed by atoms with Crippen molar-refractivity contribution in [2.75, 3.05) is 26.6 Å². The van der Waals surface area contributed by atoms with E-state index in [1.54, 1.807) is 6.07 Å². The lowest BCUT2D eigenvalue weighted by atomic mass is 10.1. The van der Waals surface area contributed by atoms with Gasteiger partial charge in [0, 0.05) is 23.9 Å². The van der Waals surface area contributed by atoms with Crippen LogP contribution in [0.2, 0.25) is 0 Å². The molecular weight excluding hydrogens is 292 g/mol. The summed E-state index contributed by atoms with van der Waals surface area (Å²) in [7, 11) is 4.59. The zero-order chi connectivity index (χ0) is 16.1. The highest BCUT2D eigenvalue weighted by Crippen LogP contribution is 2.39. The van der Waals surface area contributed by atoms with Crippen LogP contribution in [0.5, 0.6) is 17.2 Å². The Morgan fingerprint density at radius 2 is 1.59 bits per heavy atom. The minimum absolute atomic E-state index is 0.356. The Labute approximate surface area is 127 Å². The first kappa shape index (κ1) is 15.9. The molecule has 0 aliphatic heterocycles. The Morgan fingerprint density at radius 3 is 2.18 bits per heavy atom. The number of hydrogen-bond acceptors (Lipinski definition) is 4. The molecule has 2 rings (SSSR count). The third kappa shape index (κ3) is 3.21. The predicted molar refractivity (Wildman–Crippen MR) is 79.8 cm³/mol. The third-order valence-corrected chi connectivity index (χ3v) is 3.19. The average molecular weight is 309 g/mol. The van der Waals surface area contributed by atoms with Gasteiger partial charge in [0.05, 0.1) is 21.3 Å². The molecule has 0 bridgehead atoms. The van der Waals surface area contributed by atoms with Crippen LogP contribution in [0.1, 0.15) is 5.56 Å². The number of nitrogens with one attached hydrogen (secondary N) is 1. The molecule has 0 saturated heterocycles. The van der Waals surface area contributed by atoms with Crippen molar-refractivity contribution in [1.29, 1.82) is 0 Å². The first-order valence-electron chi connectivity index (χ1n) is 6.57. The van der Waals surface area contributed by atoms with E-state index in [2.05, 4.69) is 5.32 Å². The third-order valence-electron chi connectivity index (χ3n) is 3.19. The maximum Gasteiger partial charge on any atom is 0.203 e. The van der Waals surface area contributed by atoms with Crippen LogP contribution in [-0.2, 0) is 6.54 Å². The molecule has 22 heavy (non-hydrogen) atoms. The zero-order valence-corrected chi connectivity index (χ0v) is 12.6. The minimum Gasteiger partial charge on any atom is -0.493 e. The molecule has 4 nitrogen and oxygen atoms in total. The quantitative estimate of drug-likeness (QED) is 0.885. The molecule has 0 spiro atoms. The zero-order valence-electron chi connectivity index (χ0n) is 12.6. The highest BCUT2D eigenvalue weighted by Gasteiger charge is 2.15. The van der Waals surface area contributed by atoms with Crippen molar-refractivity contribution in [2.45, 2.75) is 6.54 Å². The molecule has 0 unspecified atom stereocenters. The SMILES string of the molecule is COc1ccc(CNc2ccc(F)c(F)c2)c(OC)c1OC. The van der Waals surface area contributed by atoms with Gasteiger partial charge in [-0.2, -0.15) is 0 Å². The summed E-state index contributed by atoms with van der Waals surface area (Å²) in [6, 6.07) is 7.20. The van der Waals surface area contributed by atoms with Crippen molar-refractivity contribution in [3.8, 4) is 17.2 Å². The van der Waals surface area contributed by atoms with E-state index in [-0.39, 0.29) is 0 Å². The van der Waals surface area contributed by atoms with Crippen LogP contribution in [0.4, 0.5) is 14.5 Å². The van der Waals surface area contributed by atoms with Gasteiger partial charge in [-0.1, -0.05) is 0 Å². The van der Waals surface area contributed by atoms with Crippen molar-refractivity contribution in [3.05, 3.63) is 47.5 Å². The van der Waals surface area contributed by atoms with Crippen LogP contribution in [0.25, 0.3) is 0 Å². The number of rotatable bonds is 6. The topological polar surface area (TPSA) is 39.7 Å². The van der Waals surface area contributed by atoms with Gasteiger partial charge in [-0.3, -0.25) is 0 Å². The van der Waals surface area contributed by atoms with Crippen molar-refractivity contribution in [2.24, 2.45) is 0 Å². The van der Waals surface area contributed by atoms with E-state index in [4.69, 9.17) is 14.2 Å². The highest BCUT2D eigenvalue weighted by molar-refractivity contribution is 5.57. The molecule has 1 N–H and O–H groups in total. The van der Waals surface area contributed by atoms with Gasteiger partial charge < -0.3 is 19.5 Å². The van der Waals surface area contributed by atoms with E-state index in [9.17, 15) is 8.78 Å². The smallest absolute Gasteiger partial charge is 0.203 e. The largest absolute Gasteiger partial charge is 0.493 e. The summed E-state index contributed by atoms with van der Waals surface area (Å²) < 4.78 is 42.0. The van der Waals surface area contributed by atoms with Gasteiger partial charge in [0.15, 0.2) is 23.1 Å². The normalized spacial score (nSPS) is 10.2. The molecular formula is C16H17F2NO3. The predicted octanol–water partition coefficient (Wildman–Crippen LogP) is 3.60. The lowest BCUT2D eigenvalue weighted by molar-refractivity contribution is 0.322. The second-order valence-electron chi connectivity index (χ2n) is 4.48. The van der Waals surface area contributed by atoms with Gasteiger partial charge in [-0.25, -0.2) is 8.78 Å². The summed E-state index contributed by atoms with van der Waals surface area (Å²) in [4.78, 5) is 0. The molecule has 0 aliphatic carbocycles. The van der Waals surface area contributed by atoms with Crippen LogP contribution in [0.15, 0.2) is 30.3 Å². The second-order valence-corrected chi connectivity index (χ2v) is 4.48. The summed E-state index contributed by atoms with van der Waals surface area (Å²) >= 11 is 0. The number of halogens is 2. The van der Waals surface area contributed by atoms with Gasteiger partial charge in [0.25, 0.3) is 0 Å². The van der Waals surface area contributed by atoms with E-state index in [1.165, 1.54) is 27.4 Å². The fourth-order valence-corrected chi connectivity index (χ4v) is 2.11. The molecule has 0 radical (unpaired) electrons. The van der Waals surface area contributed by atoms with Crippen LogP contribution >= 0.6 is 0 Å². The molecule has 2 aromatic carbocycles. The van der Waals surface area contributed by atoms with Crippen molar-refractivity contribution < 1.29 is 23.0 Å². The van der Waals surface area contributed by atoms with Crippen molar-refractivity contribution >= 4 is 5.69 Å². The average Bonchev–Trinajstić information content (AvgIpc) is 2.54. The maximum atomic E-state index is 13.2. The number of ether oxygens (including phenoxy) is 3. The highest BCUT2D eigenvalue weighted by atomic mass is 19.2. The second kappa shape index (κ2) is 6.98. The Hall–Kier alpha value is -2.50. The Balaban J connectivity index is 2.23. The number of hydrogen-bond donors (Lipinski definition) is 1. The molecule has 6 heteroatoms. The monoisotopic (exact) mass is 309 g/mol. The number of methoxy groups -OCH3 is 3. The van der Waals surface area contributed by atoms with E-state index in [0.29, 0.717) is 29.5 Å². The fraction of sp³-hybridized carbons (Fsp3) is 0.250. The fourth-order valence-electron chi connectivity index (χ4n) is 2.11. The first-order chi connectivity index (χ1) is 10.6. The molecule has 0 amide bonds. The maximum absolute atomic E-state index is 13.2. The summed E-state index contributed by atoms with van der Waals surface area (Å²) in [5, 5.41) is 3.01. The molecule has 118 valence electrons. The molecule has 0 aliphatic rings. The Bertz CT molecular complexity index is 662. The Kier molecular flexibility index (Phi) is 5.04. The summed E-state index contributed by atoms with van der Waals surface area (Å²) in [6.07, 6.45) is 0. The van der Waals surface area contributed by atoms with Crippen molar-refractivity contribution in [1.82, 2.24) is 0 Å². The first-order valence-corrected chi connectivity index (χ1v) is 6.57. The van der Waals surface area contributed by atoms with Gasteiger partial charge in [-0.15, -0.1) is 0 Å². The molecule has 0 heterocycles. The van der Waals surface area contributed by atoms with Crippen LogP contribution in [0.3, 0.4) is 0 Å². The lowest BCUT2D eigenvalue weighted by Crippen LogP contribution is -2.04. The van der Waals surface area contributed by atoms with Crippen LogP contribution < -0.4 is 19.5 Å². The lowest BCUT2D eigenvalue weighted by Gasteiger charge is -2.16. The Morgan fingerprint density at radius 1 is 0.864 bits per heavy atom. The standard InChI is InChI=1S/C16H17F2NO3/c1-20-14-7-4-10(15(21-2)16(14)22-3)9-19-11-5-6-12(17)13(18)8-11/h4-8,19H,9H2,1-3H3. The number of benzene rings is 2.